The second-order valence-electron chi connectivity index (χ2n) is 5.11. The zero-order valence-electron chi connectivity index (χ0n) is 12.3. The molecule has 114 valence electrons. The maximum absolute atomic E-state index is 10.9. The maximum atomic E-state index is 10.9. The van der Waals surface area contributed by atoms with E-state index in [4.69, 9.17) is 14.2 Å². The number of phenolic OH excluding ortho intramolecular Hbond substituents is 1. The first-order valence-corrected chi connectivity index (χ1v) is 6.91. The molecule has 0 radical (unpaired) electrons. The fraction of sp³-hybridized carbons (Fsp3) is 0.235. The largest absolute Gasteiger partial charge is 0.508 e. The highest BCUT2D eigenvalue weighted by molar-refractivity contribution is 5.69. The average molecular weight is 300 g/mol. The summed E-state index contributed by atoms with van der Waals surface area (Å²) in [5.74, 6) is 1.49. The van der Waals surface area contributed by atoms with E-state index in [2.05, 4.69) is 0 Å². The lowest BCUT2D eigenvalue weighted by molar-refractivity contribution is -0.131. The highest BCUT2D eigenvalue weighted by atomic mass is 16.5. The number of hydrogen-bond acceptors (Lipinski definition) is 5. The van der Waals surface area contributed by atoms with Crippen molar-refractivity contribution in [2.45, 2.75) is 19.4 Å². The SMILES string of the molecule is COc1cc(O)cc2c1OC(c1ccc(OC(C)=O)cc1)C2. The van der Waals surface area contributed by atoms with Crippen molar-refractivity contribution in [2.24, 2.45) is 0 Å². The smallest absolute Gasteiger partial charge is 0.308 e. The molecule has 0 saturated carbocycles. The van der Waals surface area contributed by atoms with Crippen LogP contribution < -0.4 is 14.2 Å². The lowest BCUT2D eigenvalue weighted by Gasteiger charge is -2.13. The molecule has 22 heavy (non-hydrogen) atoms. The van der Waals surface area contributed by atoms with Crippen LogP contribution in [-0.2, 0) is 11.2 Å². The third-order valence-electron chi connectivity index (χ3n) is 3.52. The van der Waals surface area contributed by atoms with Crippen molar-refractivity contribution in [3.05, 3.63) is 47.5 Å². The molecule has 5 nitrogen and oxygen atoms in total. The van der Waals surface area contributed by atoms with Crippen LogP contribution in [-0.4, -0.2) is 18.2 Å². The summed E-state index contributed by atoms with van der Waals surface area (Å²) in [6.45, 7) is 1.36. The van der Waals surface area contributed by atoms with Crippen molar-refractivity contribution in [1.29, 1.82) is 0 Å². The minimum Gasteiger partial charge on any atom is -0.508 e. The summed E-state index contributed by atoms with van der Waals surface area (Å²) in [6, 6.07) is 10.4. The second-order valence-corrected chi connectivity index (χ2v) is 5.11. The van der Waals surface area contributed by atoms with E-state index in [1.165, 1.54) is 13.0 Å². The third-order valence-corrected chi connectivity index (χ3v) is 3.52. The molecule has 0 aliphatic carbocycles. The Morgan fingerprint density at radius 1 is 1.27 bits per heavy atom. The van der Waals surface area contributed by atoms with E-state index in [0.29, 0.717) is 23.7 Å². The van der Waals surface area contributed by atoms with Gasteiger partial charge in [0.25, 0.3) is 0 Å². The number of hydrogen-bond donors (Lipinski definition) is 1. The number of carbonyl (C=O) groups excluding carboxylic acids is 1. The number of carbonyl (C=O) groups is 1. The van der Waals surface area contributed by atoms with E-state index in [0.717, 1.165) is 11.1 Å². The molecule has 1 aliphatic heterocycles. The van der Waals surface area contributed by atoms with Crippen molar-refractivity contribution >= 4 is 5.97 Å². The molecule has 0 saturated heterocycles. The van der Waals surface area contributed by atoms with E-state index >= 15 is 0 Å². The minimum absolute atomic E-state index is 0.155. The fourth-order valence-corrected chi connectivity index (χ4v) is 2.57. The van der Waals surface area contributed by atoms with Crippen molar-refractivity contribution < 1.29 is 24.1 Å². The summed E-state index contributed by atoms with van der Waals surface area (Å²) >= 11 is 0. The normalized spacial score (nSPS) is 15.8. The molecule has 0 aromatic heterocycles. The predicted octanol–water partition coefficient (Wildman–Crippen LogP) is 3.00. The van der Waals surface area contributed by atoms with Gasteiger partial charge in [0, 0.05) is 25.0 Å². The topological polar surface area (TPSA) is 65.0 Å². The van der Waals surface area contributed by atoms with Gasteiger partial charge in [0.1, 0.15) is 17.6 Å². The number of fused-ring (bicyclic) bond motifs is 1. The third kappa shape index (κ3) is 2.70. The number of esters is 1. The van der Waals surface area contributed by atoms with Crippen molar-refractivity contribution in [2.75, 3.05) is 7.11 Å². The Hall–Kier alpha value is -2.69. The van der Waals surface area contributed by atoms with Crippen LogP contribution in [0.15, 0.2) is 36.4 Å². The lowest BCUT2D eigenvalue weighted by Crippen LogP contribution is -2.04. The van der Waals surface area contributed by atoms with Gasteiger partial charge >= 0.3 is 5.97 Å². The lowest BCUT2D eigenvalue weighted by atomic mass is 10.0. The molecule has 1 N–H and O–H groups in total. The molecule has 2 aromatic rings. The van der Waals surface area contributed by atoms with Gasteiger partial charge in [-0.1, -0.05) is 12.1 Å². The monoisotopic (exact) mass is 300 g/mol. The Bertz CT molecular complexity index is 706. The number of methoxy groups -OCH3 is 1. The Kier molecular flexibility index (Phi) is 3.63. The molecule has 0 bridgehead atoms. The number of rotatable bonds is 3. The molecule has 1 heterocycles. The van der Waals surface area contributed by atoms with E-state index < -0.39 is 0 Å². The first-order valence-electron chi connectivity index (χ1n) is 6.91. The summed E-state index contributed by atoms with van der Waals surface area (Å²) in [4.78, 5) is 10.9. The van der Waals surface area contributed by atoms with E-state index in [1.807, 2.05) is 12.1 Å². The van der Waals surface area contributed by atoms with Gasteiger partial charge in [-0.05, 0) is 23.8 Å². The minimum atomic E-state index is -0.350. The van der Waals surface area contributed by atoms with Crippen LogP contribution in [0.5, 0.6) is 23.0 Å². The first-order chi connectivity index (χ1) is 10.6. The van der Waals surface area contributed by atoms with Crippen molar-refractivity contribution in [3.63, 3.8) is 0 Å². The van der Waals surface area contributed by atoms with Crippen molar-refractivity contribution in [1.82, 2.24) is 0 Å². The van der Waals surface area contributed by atoms with Gasteiger partial charge in [-0.15, -0.1) is 0 Å². The molecule has 0 amide bonds. The van der Waals surface area contributed by atoms with Crippen LogP contribution in [0, 0.1) is 0 Å². The molecule has 2 aromatic carbocycles. The van der Waals surface area contributed by atoms with Crippen LogP contribution in [0.3, 0.4) is 0 Å². The van der Waals surface area contributed by atoms with Gasteiger partial charge in [0.15, 0.2) is 11.5 Å². The van der Waals surface area contributed by atoms with Gasteiger partial charge in [-0.2, -0.15) is 0 Å². The van der Waals surface area contributed by atoms with Crippen LogP contribution in [0.25, 0.3) is 0 Å². The molecular formula is C17H16O5. The van der Waals surface area contributed by atoms with Crippen LogP contribution >= 0.6 is 0 Å². The molecular weight excluding hydrogens is 284 g/mol. The molecule has 1 aliphatic rings. The summed E-state index contributed by atoms with van der Waals surface area (Å²) < 4.78 is 16.2. The fourth-order valence-electron chi connectivity index (χ4n) is 2.57. The quantitative estimate of drug-likeness (QED) is 0.697. The summed E-state index contributed by atoms with van der Waals surface area (Å²) in [6.07, 6.45) is 0.490. The molecule has 0 spiro atoms. The zero-order valence-corrected chi connectivity index (χ0v) is 12.3. The Labute approximate surface area is 128 Å². The number of phenols is 1. The van der Waals surface area contributed by atoms with E-state index in [1.54, 1.807) is 25.3 Å². The highest BCUT2D eigenvalue weighted by Crippen LogP contribution is 2.45. The van der Waals surface area contributed by atoms with Gasteiger partial charge < -0.3 is 19.3 Å². The van der Waals surface area contributed by atoms with Crippen molar-refractivity contribution in [3.8, 4) is 23.0 Å². The highest BCUT2D eigenvalue weighted by Gasteiger charge is 2.28. The number of ether oxygens (including phenoxy) is 3. The summed E-state index contributed by atoms with van der Waals surface area (Å²) in [7, 11) is 1.54. The number of aromatic hydroxyl groups is 1. The van der Waals surface area contributed by atoms with E-state index in [9.17, 15) is 9.90 Å². The maximum Gasteiger partial charge on any atom is 0.308 e. The molecule has 1 atom stereocenters. The van der Waals surface area contributed by atoms with Crippen LogP contribution in [0.1, 0.15) is 24.2 Å². The Balaban J connectivity index is 1.82. The molecule has 3 rings (SSSR count). The summed E-state index contributed by atoms with van der Waals surface area (Å²) in [5, 5.41) is 9.70. The average Bonchev–Trinajstić information content (AvgIpc) is 2.90. The second kappa shape index (κ2) is 5.60. The molecule has 0 fully saturated rings. The van der Waals surface area contributed by atoms with Gasteiger partial charge in [0.2, 0.25) is 0 Å². The number of benzene rings is 2. The Morgan fingerprint density at radius 3 is 2.64 bits per heavy atom. The zero-order chi connectivity index (χ0) is 15.7. The Morgan fingerprint density at radius 2 is 2.00 bits per heavy atom. The molecule has 1 unspecified atom stereocenters. The first kappa shape index (κ1) is 14.3. The van der Waals surface area contributed by atoms with Gasteiger partial charge in [-0.25, -0.2) is 0 Å². The van der Waals surface area contributed by atoms with Crippen LogP contribution in [0.2, 0.25) is 0 Å². The van der Waals surface area contributed by atoms with Crippen LogP contribution in [0.4, 0.5) is 0 Å². The summed E-state index contributed by atoms with van der Waals surface area (Å²) in [5.41, 5.74) is 1.87. The van der Waals surface area contributed by atoms with Gasteiger partial charge in [-0.3, -0.25) is 4.79 Å². The van der Waals surface area contributed by atoms with Gasteiger partial charge in [0.05, 0.1) is 7.11 Å². The predicted molar refractivity (Wildman–Crippen MR) is 79.5 cm³/mol. The molecule has 5 heteroatoms. The van der Waals surface area contributed by atoms with E-state index in [-0.39, 0.29) is 17.8 Å². The standard InChI is InChI=1S/C17H16O5/c1-10(18)21-14-5-3-11(4-6-14)15-8-12-7-13(19)9-16(20-2)17(12)22-15/h3-7,9,15,19H,8H2,1-2H3.